The molecule has 0 aliphatic rings. The van der Waals surface area contributed by atoms with Crippen LogP contribution in [0.25, 0.3) is 22.3 Å². The van der Waals surface area contributed by atoms with Gasteiger partial charge in [-0.2, -0.15) is 0 Å². The van der Waals surface area contributed by atoms with Crippen LogP contribution in [0.15, 0.2) is 48.9 Å². The molecule has 2 aromatic heterocycles. The number of phenolic OH excluding ortho intramolecular Hbond substituents is 1. The molecule has 4 nitrogen and oxygen atoms in total. The van der Waals surface area contributed by atoms with Crippen molar-refractivity contribution >= 4 is 11.0 Å². The third-order valence-corrected chi connectivity index (χ3v) is 2.51. The standard InChI is InChI=1S/C13H9N3O/c17-10-3-1-9(2-4-10)12-8-15-11-5-6-14-7-13(11)16-12/h1-8,17H. The number of nitrogens with zero attached hydrogens (tertiary/aromatic N) is 3. The minimum absolute atomic E-state index is 0.240. The third kappa shape index (κ3) is 1.80. The summed E-state index contributed by atoms with van der Waals surface area (Å²) in [6, 6.07) is 8.70. The molecule has 2 heterocycles. The molecule has 0 aliphatic heterocycles. The Labute approximate surface area is 97.6 Å². The maximum absolute atomic E-state index is 9.23. The molecule has 0 fully saturated rings. The number of phenols is 1. The number of hydrogen-bond donors (Lipinski definition) is 1. The van der Waals surface area contributed by atoms with E-state index in [4.69, 9.17) is 0 Å². The highest BCUT2D eigenvalue weighted by Crippen LogP contribution is 2.20. The molecule has 0 amide bonds. The van der Waals surface area contributed by atoms with Crippen LogP contribution in [0.5, 0.6) is 5.75 Å². The van der Waals surface area contributed by atoms with Crippen LogP contribution in [0, 0.1) is 0 Å². The first-order chi connectivity index (χ1) is 8.33. The monoisotopic (exact) mass is 223 g/mol. The molecule has 0 bridgehead atoms. The molecule has 3 aromatic rings. The lowest BCUT2D eigenvalue weighted by atomic mass is 10.1. The largest absolute Gasteiger partial charge is 0.508 e. The van der Waals surface area contributed by atoms with Gasteiger partial charge in [0.1, 0.15) is 11.3 Å². The van der Waals surface area contributed by atoms with Gasteiger partial charge in [-0.3, -0.25) is 9.97 Å². The van der Waals surface area contributed by atoms with Crippen LogP contribution >= 0.6 is 0 Å². The Morgan fingerprint density at radius 2 is 1.71 bits per heavy atom. The minimum atomic E-state index is 0.240. The first-order valence-electron chi connectivity index (χ1n) is 5.19. The Bertz CT molecular complexity index is 665. The van der Waals surface area contributed by atoms with Crippen LogP contribution in [0.3, 0.4) is 0 Å². The van der Waals surface area contributed by atoms with Gasteiger partial charge in [0.05, 0.1) is 23.6 Å². The van der Waals surface area contributed by atoms with Crippen molar-refractivity contribution in [3.63, 3.8) is 0 Å². The van der Waals surface area contributed by atoms with Crippen LogP contribution in [-0.4, -0.2) is 20.1 Å². The normalized spacial score (nSPS) is 10.6. The van der Waals surface area contributed by atoms with Crippen LogP contribution in [-0.2, 0) is 0 Å². The lowest BCUT2D eigenvalue weighted by molar-refractivity contribution is 0.475. The fraction of sp³-hybridized carbons (Fsp3) is 0. The van der Waals surface area contributed by atoms with Crippen molar-refractivity contribution in [1.29, 1.82) is 0 Å². The van der Waals surface area contributed by atoms with Gasteiger partial charge in [0, 0.05) is 11.8 Å². The first kappa shape index (κ1) is 9.72. The number of benzene rings is 1. The molecule has 0 radical (unpaired) electrons. The topological polar surface area (TPSA) is 58.9 Å². The Kier molecular flexibility index (Phi) is 2.19. The lowest BCUT2D eigenvalue weighted by Gasteiger charge is -2.02. The predicted molar refractivity (Wildman–Crippen MR) is 64.4 cm³/mol. The molecule has 0 spiro atoms. The van der Waals surface area contributed by atoms with E-state index < -0.39 is 0 Å². The van der Waals surface area contributed by atoms with Crippen LogP contribution < -0.4 is 0 Å². The molecule has 1 N–H and O–H groups in total. The van der Waals surface area contributed by atoms with E-state index >= 15 is 0 Å². The second kappa shape index (κ2) is 3.83. The second-order valence-electron chi connectivity index (χ2n) is 3.67. The average molecular weight is 223 g/mol. The van der Waals surface area contributed by atoms with E-state index in [1.807, 2.05) is 18.2 Å². The van der Waals surface area contributed by atoms with Crippen molar-refractivity contribution in [3.05, 3.63) is 48.9 Å². The number of aromatic hydroxyl groups is 1. The molecular formula is C13H9N3O. The number of pyridine rings is 1. The van der Waals surface area contributed by atoms with Crippen molar-refractivity contribution in [1.82, 2.24) is 15.0 Å². The highest BCUT2D eigenvalue weighted by molar-refractivity contribution is 5.75. The summed E-state index contributed by atoms with van der Waals surface area (Å²) >= 11 is 0. The van der Waals surface area contributed by atoms with Gasteiger partial charge in [0.2, 0.25) is 0 Å². The van der Waals surface area contributed by atoms with E-state index in [0.29, 0.717) is 0 Å². The number of aromatic nitrogens is 3. The third-order valence-electron chi connectivity index (χ3n) is 2.51. The smallest absolute Gasteiger partial charge is 0.115 e. The molecule has 4 heteroatoms. The number of hydrogen-bond acceptors (Lipinski definition) is 4. The molecular weight excluding hydrogens is 214 g/mol. The molecule has 82 valence electrons. The Hall–Kier alpha value is -2.49. The maximum atomic E-state index is 9.23. The first-order valence-corrected chi connectivity index (χ1v) is 5.19. The Morgan fingerprint density at radius 1 is 0.882 bits per heavy atom. The fourth-order valence-electron chi connectivity index (χ4n) is 1.63. The maximum Gasteiger partial charge on any atom is 0.115 e. The average Bonchev–Trinajstić information content (AvgIpc) is 2.39. The van der Waals surface area contributed by atoms with Crippen molar-refractivity contribution in [3.8, 4) is 17.0 Å². The summed E-state index contributed by atoms with van der Waals surface area (Å²) in [6.45, 7) is 0. The van der Waals surface area contributed by atoms with Gasteiger partial charge in [-0.25, -0.2) is 4.98 Å². The van der Waals surface area contributed by atoms with Crippen molar-refractivity contribution in [2.45, 2.75) is 0 Å². The summed E-state index contributed by atoms with van der Waals surface area (Å²) in [4.78, 5) is 12.8. The van der Waals surface area contributed by atoms with E-state index in [1.54, 1.807) is 30.7 Å². The summed E-state index contributed by atoms with van der Waals surface area (Å²) in [5.74, 6) is 0.240. The highest BCUT2D eigenvalue weighted by Gasteiger charge is 2.02. The minimum Gasteiger partial charge on any atom is -0.508 e. The van der Waals surface area contributed by atoms with Crippen LogP contribution in [0.1, 0.15) is 0 Å². The molecule has 0 unspecified atom stereocenters. The van der Waals surface area contributed by atoms with E-state index in [0.717, 1.165) is 22.3 Å². The summed E-state index contributed by atoms with van der Waals surface area (Å²) < 4.78 is 0. The summed E-state index contributed by atoms with van der Waals surface area (Å²) in [5, 5.41) is 9.23. The molecule has 0 aliphatic carbocycles. The van der Waals surface area contributed by atoms with E-state index in [-0.39, 0.29) is 5.75 Å². The fourth-order valence-corrected chi connectivity index (χ4v) is 1.63. The molecule has 3 rings (SSSR count). The van der Waals surface area contributed by atoms with E-state index in [9.17, 15) is 5.11 Å². The number of fused-ring (bicyclic) bond motifs is 1. The van der Waals surface area contributed by atoms with Crippen molar-refractivity contribution < 1.29 is 5.11 Å². The van der Waals surface area contributed by atoms with Gasteiger partial charge in [-0.05, 0) is 30.3 Å². The zero-order chi connectivity index (χ0) is 11.7. The van der Waals surface area contributed by atoms with E-state index in [2.05, 4.69) is 15.0 Å². The van der Waals surface area contributed by atoms with Crippen molar-refractivity contribution in [2.75, 3.05) is 0 Å². The summed E-state index contributed by atoms with van der Waals surface area (Å²) in [5.41, 5.74) is 3.27. The van der Waals surface area contributed by atoms with Gasteiger partial charge in [-0.15, -0.1) is 0 Å². The molecule has 1 aromatic carbocycles. The zero-order valence-electron chi connectivity index (χ0n) is 8.91. The van der Waals surface area contributed by atoms with Gasteiger partial charge < -0.3 is 5.11 Å². The molecule has 0 atom stereocenters. The van der Waals surface area contributed by atoms with Crippen LogP contribution in [0.2, 0.25) is 0 Å². The van der Waals surface area contributed by atoms with Gasteiger partial charge in [-0.1, -0.05) is 0 Å². The SMILES string of the molecule is Oc1ccc(-c2cnc3ccncc3n2)cc1. The molecule has 17 heavy (non-hydrogen) atoms. The summed E-state index contributed by atoms with van der Waals surface area (Å²) in [7, 11) is 0. The van der Waals surface area contributed by atoms with Crippen LogP contribution in [0.4, 0.5) is 0 Å². The summed E-state index contributed by atoms with van der Waals surface area (Å²) in [6.07, 6.45) is 5.10. The second-order valence-corrected chi connectivity index (χ2v) is 3.67. The van der Waals surface area contributed by atoms with Gasteiger partial charge in [0.25, 0.3) is 0 Å². The quantitative estimate of drug-likeness (QED) is 0.688. The van der Waals surface area contributed by atoms with Gasteiger partial charge >= 0.3 is 0 Å². The Balaban J connectivity index is 2.14. The number of rotatable bonds is 1. The zero-order valence-corrected chi connectivity index (χ0v) is 8.91. The molecule has 0 saturated carbocycles. The highest BCUT2D eigenvalue weighted by atomic mass is 16.3. The predicted octanol–water partition coefficient (Wildman–Crippen LogP) is 2.40. The Morgan fingerprint density at radius 3 is 2.53 bits per heavy atom. The van der Waals surface area contributed by atoms with Gasteiger partial charge in [0.15, 0.2) is 0 Å². The van der Waals surface area contributed by atoms with E-state index in [1.165, 1.54) is 0 Å². The lowest BCUT2D eigenvalue weighted by Crippen LogP contribution is -1.88. The molecule has 0 saturated heterocycles. The van der Waals surface area contributed by atoms with Crippen molar-refractivity contribution in [2.24, 2.45) is 0 Å².